The van der Waals surface area contributed by atoms with Gasteiger partial charge in [0.05, 0.1) is 25.0 Å². The Morgan fingerprint density at radius 3 is 2.95 bits per heavy atom. The Hall–Kier alpha value is -1.50. The molecule has 0 amide bonds. The minimum Gasteiger partial charge on any atom is -0.389 e. The van der Waals surface area contributed by atoms with Gasteiger partial charge in [-0.2, -0.15) is 0 Å². The van der Waals surface area contributed by atoms with Gasteiger partial charge >= 0.3 is 0 Å². The highest BCUT2D eigenvalue weighted by molar-refractivity contribution is 7.14. The van der Waals surface area contributed by atoms with Crippen LogP contribution in [0.5, 0.6) is 0 Å². The van der Waals surface area contributed by atoms with Crippen molar-refractivity contribution in [1.82, 2.24) is 4.98 Å². The standard InChI is InChI=1S/C14H15FN2O2S/c15-11-3-1-10(2-4-11)13-9-20-14(16-13)17-5-6-19-8-12(18)7-17/h1-4,9,12,18H,5-8H2/t12-/m1/s1. The molecule has 0 aliphatic carbocycles. The third-order valence-corrected chi connectivity index (χ3v) is 4.05. The number of benzene rings is 1. The molecule has 20 heavy (non-hydrogen) atoms. The third kappa shape index (κ3) is 2.98. The average Bonchev–Trinajstić information content (AvgIpc) is 2.83. The number of aromatic nitrogens is 1. The summed E-state index contributed by atoms with van der Waals surface area (Å²) in [5.41, 5.74) is 1.71. The van der Waals surface area contributed by atoms with Crippen molar-refractivity contribution in [3.05, 3.63) is 35.5 Å². The summed E-state index contributed by atoms with van der Waals surface area (Å²) in [5, 5.41) is 12.5. The number of nitrogens with zero attached hydrogens (tertiary/aromatic N) is 2. The molecule has 1 N–H and O–H groups in total. The van der Waals surface area contributed by atoms with Gasteiger partial charge in [-0.1, -0.05) is 0 Å². The Morgan fingerprint density at radius 2 is 2.15 bits per heavy atom. The molecule has 6 heteroatoms. The van der Waals surface area contributed by atoms with Crippen molar-refractivity contribution in [3.8, 4) is 11.3 Å². The fraction of sp³-hybridized carbons (Fsp3) is 0.357. The van der Waals surface area contributed by atoms with Gasteiger partial charge in [0.2, 0.25) is 0 Å². The Kier molecular flexibility index (Phi) is 3.95. The molecule has 2 heterocycles. The first kappa shape index (κ1) is 13.5. The van der Waals surface area contributed by atoms with Crippen LogP contribution in [0, 0.1) is 5.82 Å². The fourth-order valence-electron chi connectivity index (χ4n) is 2.13. The second-order valence-corrected chi connectivity index (χ2v) is 5.53. The van der Waals surface area contributed by atoms with Crippen LogP contribution in [-0.2, 0) is 4.74 Å². The molecule has 0 spiro atoms. The molecular weight excluding hydrogens is 279 g/mol. The lowest BCUT2D eigenvalue weighted by molar-refractivity contribution is 0.0597. The van der Waals surface area contributed by atoms with Gasteiger partial charge in [0.1, 0.15) is 5.82 Å². The molecule has 1 fully saturated rings. The van der Waals surface area contributed by atoms with Crippen LogP contribution in [0.25, 0.3) is 11.3 Å². The molecular formula is C14H15FN2O2S. The van der Waals surface area contributed by atoms with Gasteiger partial charge < -0.3 is 14.7 Å². The van der Waals surface area contributed by atoms with E-state index in [1.54, 1.807) is 12.1 Å². The van der Waals surface area contributed by atoms with Crippen LogP contribution in [0.2, 0.25) is 0 Å². The van der Waals surface area contributed by atoms with Gasteiger partial charge in [-0.3, -0.25) is 0 Å². The fourth-order valence-corrected chi connectivity index (χ4v) is 3.00. The molecule has 1 aromatic heterocycles. The Balaban J connectivity index is 1.80. The number of thiazole rings is 1. The van der Waals surface area contributed by atoms with Crippen LogP contribution in [0.4, 0.5) is 9.52 Å². The quantitative estimate of drug-likeness (QED) is 0.922. The van der Waals surface area contributed by atoms with Crippen LogP contribution in [0.15, 0.2) is 29.6 Å². The SMILES string of the molecule is O[C@H]1COCCN(c2nc(-c3ccc(F)cc3)cs2)C1. The number of halogens is 1. The molecule has 1 aliphatic rings. The highest BCUT2D eigenvalue weighted by atomic mass is 32.1. The zero-order valence-electron chi connectivity index (χ0n) is 10.8. The van der Waals surface area contributed by atoms with E-state index in [0.29, 0.717) is 26.3 Å². The second-order valence-electron chi connectivity index (χ2n) is 4.70. The van der Waals surface area contributed by atoms with E-state index in [2.05, 4.69) is 4.98 Å². The summed E-state index contributed by atoms with van der Waals surface area (Å²) in [7, 11) is 0. The van der Waals surface area contributed by atoms with E-state index in [9.17, 15) is 9.50 Å². The largest absolute Gasteiger partial charge is 0.389 e. The maximum Gasteiger partial charge on any atom is 0.186 e. The summed E-state index contributed by atoms with van der Waals surface area (Å²) in [6, 6.07) is 6.29. The molecule has 2 aromatic rings. The highest BCUT2D eigenvalue weighted by Gasteiger charge is 2.19. The van der Waals surface area contributed by atoms with Crippen LogP contribution >= 0.6 is 11.3 Å². The Bertz CT molecular complexity index is 573. The van der Waals surface area contributed by atoms with E-state index in [0.717, 1.165) is 16.4 Å². The summed E-state index contributed by atoms with van der Waals surface area (Å²) in [6.07, 6.45) is -0.490. The number of β-amino-alcohol motifs (C(OH)–C–C–N with tert-alkyl or cyclic N) is 1. The monoisotopic (exact) mass is 294 g/mol. The maximum absolute atomic E-state index is 12.9. The van der Waals surface area contributed by atoms with Gasteiger partial charge in [-0.15, -0.1) is 11.3 Å². The molecule has 1 atom stereocenters. The van der Waals surface area contributed by atoms with E-state index >= 15 is 0 Å². The number of aliphatic hydroxyl groups is 1. The number of hydrogen-bond acceptors (Lipinski definition) is 5. The van der Waals surface area contributed by atoms with E-state index in [1.807, 2.05) is 10.3 Å². The van der Waals surface area contributed by atoms with Gasteiger partial charge in [0.15, 0.2) is 5.13 Å². The number of rotatable bonds is 2. The van der Waals surface area contributed by atoms with Crippen molar-refractivity contribution >= 4 is 16.5 Å². The maximum atomic E-state index is 12.9. The summed E-state index contributed by atoms with van der Waals surface area (Å²) in [6.45, 7) is 2.19. The highest BCUT2D eigenvalue weighted by Crippen LogP contribution is 2.28. The lowest BCUT2D eigenvalue weighted by atomic mass is 10.2. The van der Waals surface area contributed by atoms with E-state index in [4.69, 9.17) is 4.74 Å². The number of hydrogen-bond donors (Lipinski definition) is 1. The third-order valence-electron chi connectivity index (χ3n) is 3.15. The second kappa shape index (κ2) is 5.87. The smallest absolute Gasteiger partial charge is 0.186 e. The van der Waals surface area contributed by atoms with E-state index in [-0.39, 0.29) is 5.82 Å². The number of aliphatic hydroxyl groups excluding tert-OH is 1. The lowest BCUT2D eigenvalue weighted by Gasteiger charge is -2.19. The summed E-state index contributed by atoms with van der Waals surface area (Å²) in [4.78, 5) is 6.59. The summed E-state index contributed by atoms with van der Waals surface area (Å²) in [5.74, 6) is -0.253. The Labute approximate surface area is 120 Å². The number of ether oxygens (including phenoxy) is 1. The normalized spacial score (nSPS) is 19.9. The molecule has 4 nitrogen and oxygen atoms in total. The zero-order valence-corrected chi connectivity index (χ0v) is 11.6. The van der Waals surface area contributed by atoms with Gasteiger partial charge in [-0.05, 0) is 24.3 Å². The van der Waals surface area contributed by atoms with E-state index < -0.39 is 6.10 Å². The van der Waals surface area contributed by atoms with Crippen molar-refractivity contribution < 1.29 is 14.2 Å². The molecule has 1 saturated heterocycles. The summed E-state index contributed by atoms with van der Waals surface area (Å²) >= 11 is 1.52. The molecule has 0 saturated carbocycles. The minimum atomic E-state index is -0.490. The van der Waals surface area contributed by atoms with Crippen molar-refractivity contribution in [2.75, 3.05) is 31.2 Å². The van der Waals surface area contributed by atoms with E-state index in [1.165, 1.54) is 23.5 Å². The van der Waals surface area contributed by atoms with Gasteiger partial charge in [-0.25, -0.2) is 9.37 Å². The van der Waals surface area contributed by atoms with Crippen molar-refractivity contribution in [2.24, 2.45) is 0 Å². The zero-order chi connectivity index (χ0) is 13.9. The van der Waals surface area contributed by atoms with Gasteiger partial charge in [0.25, 0.3) is 0 Å². The topological polar surface area (TPSA) is 45.6 Å². The van der Waals surface area contributed by atoms with Crippen molar-refractivity contribution in [3.63, 3.8) is 0 Å². The van der Waals surface area contributed by atoms with Crippen LogP contribution in [0.1, 0.15) is 0 Å². The van der Waals surface area contributed by atoms with Crippen LogP contribution in [0.3, 0.4) is 0 Å². The molecule has 1 aromatic carbocycles. The number of anilines is 1. The summed E-state index contributed by atoms with van der Waals surface area (Å²) < 4.78 is 18.2. The molecule has 0 radical (unpaired) electrons. The predicted octanol–water partition coefficient (Wildman–Crippen LogP) is 2.15. The van der Waals surface area contributed by atoms with Crippen LogP contribution in [-0.4, -0.2) is 42.5 Å². The molecule has 0 unspecified atom stereocenters. The average molecular weight is 294 g/mol. The first-order valence-corrected chi connectivity index (χ1v) is 7.32. The molecule has 0 bridgehead atoms. The lowest BCUT2D eigenvalue weighted by Crippen LogP contribution is -2.32. The van der Waals surface area contributed by atoms with Crippen molar-refractivity contribution in [2.45, 2.75) is 6.10 Å². The first-order chi connectivity index (χ1) is 9.72. The first-order valence-electron chi connectivity index (χ1n) is 6.44. The minimum absolute atomic E-state index is 0.253. The molecule has 106 valence electrons. The molecule has 3 rings (SSSR count). The predicted molar refractivity (Wildman–Crippen MR) is 76.5 cm³/mol. The van der Waals surface area contributed by atoms with Gasteiger partial charge in [0, 0.05) is 24.0 Å². The molecule has 1 aliphatic heterocycles. The van der Waals surface area contributed by atoms with Crippen LogP contribution < -0.4 is 4.90 Å². The Morgan fingerprint density at radius 1 is 1.35 bits per heavy atom. The van der Waals surface area contributed by atoms with Crippen molar-refractivity contribution in [1.29, 1.82) is 0 Å².